The van der Waals surface area contributed by atoms with Crippen LogP contribution < -0.4 is 5.32 Å². The Labute approximate surface area is 163 Å². The minimum absolute atomic E-state index is 0.0573. The number of morpholine rings is 1. The Morgan fingerprint density at radius 3 is 2.71 bits per heavy atom. The van der Waals surface area contributed by atoms with Gasteiger partial charge in [-0.2, -0.15) is 0 Å². The van der Waals surface area contributed by atoms with Gasteiger partial charge in [0.1, 0.15) is 6.33 Å². The van der Waals surface area contributed by atoms with E-state index in [-0.39, 0.29) is 12.1 Å². The predicted octanol–water partition coefficient (Wildman–Crippen LogP) is 2.53. The fraction of sp³-hybridized carbons (Fsp3) is 0.300. The lowest BCUT2D eigenvalue weighted by Gasteiger charge is -2.33. The van der Waals surface area contributed by atoms with Crippen LogP contribution in [0.15, 0.2) is 60.9 Å². The Hall–Kier alpha value is -3.26. The zero-order chi connectivity index (χ0) is 19.2. The first-order valence-electron chi connectivity index (χ1n) is 9.33. The molecule has 4 rings (SSSR count). The summed E-state index contributed by atoms with van der Waals surface area (Å²) < 4.78 is 7.40. The average molecular weight is 378 g/mol. The van der Waals surface area contributed by atoms with Gasteiger partial charge < -0.3 is 15.0 Å². The third-order valence-electron chi connectivity index (χ3n) is 4.76. The quantitative estimate of drug-likeness (QED) is 0.737. The lowest BCUT2D eigenvalue weighted by atomic mass is 10.1. The lowest BCUT2D eigenvalue weighted by Crippen LogP contribution is -2.47. The van der Waals surface area contributed by atoms with E-state index in [1.165, 1.54) is 11.9 Å². The second kappa shape index (κ2) is 8.62. The number of carbonyl (C=O) groups is 1. The number of aryl methyl sites for hydroxylation is 1. The van der Waals surface area contributed by atoms with E-state index < -0.39 is 0 Å². The molecule has 8 nitrogen and oxygen atoms in total. The van der Waals surface area contributed by atoms with E-state index in [4.69, 9.17) is 4.74 Å². The zero-order valence-corrected chi connectivity index (χ0v) is 15.4. The van der Waals surface area contributed by atoms with E-state index in [0.717, 1.165) is 24.2 Å². The van der Waals surface area contributed by atoms with Crippen molar-refractivity contribution < 1.29 is 9.53 Å². The molecule has 0 spiro atoms. The maximum atomic E-state index is 12.6. The van der Waals surface area contributed by atoms with Gasteiger partial charge in [0.25, 0.3) is 0 Å². The predicted molar refractivity (Wildman–Crippen MR) is 104 cm³/mol. The van der Waals surface area contributed by atoms with Crippen LogP contribution in [0.1, 0.15) is 12.0 Å². The summed E-state index contributed by atoms with van der Waals surface area (Å²) in [5.41, 5.74) is 2.85. The van der Waals surface area contributed by atoms with Crippen LogP contribution in [0.5, 0.6) is 0 Å². The van der Waals surface area contributed by atoms with Gasteiger partial charge in [-0.05, 0) is 53.1 Å². The number of hydrogen-bond donors (Lipinski definition) is 1. The number of rotatable bonds is 5. The Morgan fingerprint density at radius 2 is 1.96 bits per heavy atom. The van der Waals surface area contributed by atoms with E-state index in [1.54, 1.807) is 4.68 Å². The van der Waals surface area contributed by atoms with Crippen LogP contribution in [0.4, 0.5) is 10.5 Å². The fourth-order valence-corrected chi connectivity index (χ4v) is 3.23. The number of hydrogen-bond acceptors (Lipinski definition) is 5. The summed E-state index contributed by atoms with van der Waals surface area (Å²) in [5, 5.41) is 14.0. The summed E-state index contributed by atoms with van der Waals surface area (Å²) in [7, 11) is 0. The topological polar surface area (TPSA) is 85.2 Å². The molecular formula is C20H22N6O2. The highest BCUT2D eigenvalue weighted by Crippen LogP contribution is 2.16. The number of aromatic nitrogens is 4. The molecule has 0 saturated carbocycles. The number of anilines is 1. The highest BCUT2D eigenvalue weighted by Gasteiger charge is 2.24. The molecule has 1 atom stereocenters. The van der Waals surface area contributed by atoms with E-state index >= 15 is 0 Å². The molecule has 0 bridgehead atoms. The molecule has 3 aromatic rings. The molecule has 1 aliphatic rings. The van der Waals surface area contributed by atoms with Crippen molar-refractivity contribution in [3.8, 4) is 5.69 Å². The maximum Gasteiger partial charge on any atom is 0.322 e. The van der Waals surface area contributed by atoms with Gasteiger partial charge in [0.15, 0.2) is 0 Å². The molecule has 1 saturated heterocycles. The van der Waals surface area contributed by atoms with E-state index in [9.17, 15) is 4.79 Å². The van der Waals surface area contributed by atoms with E-state index in [2.05, 4.69) is 33.0 Å². The van der Waals surface area contributed by atoms with E-state index in [1.807, 2.05) is 47.4 Å². The standard InChI is InChI=1S/C20H22N6O2/c27-20(22-17-7-9-18(10-8-17)26-15-21-23-24-26)25-12-13-28-19(14-25)11-6-16-4-2-1-3-5-16/h1-5,7-10,15,19H,6,11-14H2,(H,22,27). The summed E-state index contributed by atoms with van der Waals surface area (Å²) in [6, 6.07) is 17.6. The number of nitrogens with one attached hydrogen (secondary N) is 1. The largest absolute Gasteiger partial charge is 0.375 e. The molecule has 0 radical (unpaired) electrons. The van der Waals surface area contributed by atoms with Gasteiger partial charge in [0.05, 0.1) is 18.4 Å². The highest BCUT2D eigenvalue weighted by atomic mass is 16.5. The molecule has 1 aromatic heterocycles. The van der Waals surface area contributed by atoms with Gasteiger partial charge in [-0.15, -0.1) is 5.10 Å². The molecule has 2 aromatic carbocycles. The van der Waals surface area contributed by atoms with Crippen LogP contribution in [0.25, 0.3) is 5.69 Å². The minimum atomic E-state index is -0.108. The molecule has 1 fully saturated rings. The average Bonchev–Trinajstić information content (AvgIpc) is 3.29. The number of tetrazole rings is 1. The smallest absolute Gasteiger partial charge is 0.322 e. The second-order valence-electron chi connectivity index (χ2n) is 6.69. The molecule has 2 heterocycles. The van der Waals surface area contributed by atoms with E-state index in [0.29, 0.717) is 19.7 Å². The first-order valence-corrected chi connectivity index (χ1v) is 9.33. The van der Waals surface area contributed by atoms with Crippen LogP contribution in [-0.2, 0) is 11.2 Å². The summed E-state index contributed by atoms with van der Waals surface area (Å²) in [4.78, 5) is 14.4. The van der Waals surface area contributed by atoms with Gasteiger partial charge in [-0.3, -0.25) is 0 Å². The van der Waals surface area contributed by atoms with Crippen LogP contribution in [-0.4, -0.2) is 56.9 Å². The third-order valence-corrected chi connectivity index (χ3v) is 4.76. The van der Waals surface area contributed by atoms with Crippen molar-refractivity contribution in [1.29, 1.82) is 0 Å². The molecule has 1 N–H and O–H groups in total. The molecular weight excluding hydrogens is 356 g/mol. The van der Waals surface area contributed by atoms with Crippen molar-refractivity contribution in [3.05, 3.63) is 66.5 Å². The first-order chi connectivity index (χ1) is 13.8. The Bertz CT molecular complexity index is 883. The van der Waals surface area contributed by atoms with Crippen molar-refractivity contribution in [2.75, 3.05) is 25.0 Å². The third kappa shape index (κ3) is 4.52. The summed E-state index contributed by atoms with van der Waals surface area (Å²) in [6.07, 6.45) is 3.42. The number of ether oxygens (including phenoxy) is 1. The maximum absolute atomic E-state index is 12.6. The molecule has 0 aliphatic carbocycles. The molecule has 144 valence electrons. The number of benzene rings is 2. The molecule has 2 amide bonds. The van der Waals surface area contributed by atoms with Crippen molar-refractivity contribution in [2.45, 2.75) is 18.9 Å². The molecule has 28 heavy (non-hydrogen) atoms. The Balaban J connectivity index is 1.30. The Kier molecular flexibility index (Phi) is 5.58. The molecule has 1 unspecified atom stereocenters. The summed E-state index contributed by atoms with van der Waals surface area (Å²) in [6.45, 7) is 1.75. The fourth-order valence-electron chi connectivity index (χ4n) is 3.23. The van der Waals surface area contributed by atoms with Gasteiger partial charge >= 0.3 is 6.03 Å². The van der Waals surface area contributed by atoms with Crippen LogP contribution in [0.3, 0.4) is 0 Å². The van der Waals surface area contributed by atoms with Crippen molar-refractivity contribution >= 4 is 11.7 Å². The molecule has 1 aliphatic heterocycles. The number of carbonyl (C=O) groups excluding carboxylic acids is 1. The number of amides is 2. The van der Waals surface area contributed by atoms with Crippen LogP contribution >= 0.6 is 0 Å². The lowest BCUT2D eigenvalue weighted by molar-refractivity contribution is -0.0157. The highest BCUT2D eigenvalue weighted by molar-refractivity contribution is 5.89. The first kappa shape index (κ1) is 18.1. The van der Waals surface area contributed by atoms with Crippen LogP contribution in [0, 0.1) is 0 Å². The van der Waals surface area contributed by atoms with Crippen molar-refractivity contribution in [1.82, 2.24) is 25.1 Å². The van der Waals surface area contributed by atoms with Gasteiger partial charge in [-0.1, -0.05) is 30.3 Å². The molecule has 8 heteroatoms. The number of nitrogens with zero attached hydrogens (tertiary/aromatic N) is 5. The summed E-state index contributed by atoms with van der Waals surface area (Å²) >= 11 is 0. The number of urea groups is 1. The van der Waals surface area contributed by atoms with Gasteiger partial charge in [0.2, 0.25) is 0 Å². The van der Waals surface area contributed by atoms with Crippen LogP contribution in [0.2, 0.25) is 0 Å². The normalized spacial score (nSPS) is 16.7. The SMILES string of the molecule is O=C(Nc1ccc(-n2cnnn2)cc1)N1CCOC(CCc2ccccc2)C1. The minimum Gasteiger partial charge on any atom is -0.375 e. The van der Waals surface area contributed by atoms with Crippen molar-refractivity contribution in [3.63, 3.8) is 0 Å². The Morgan fingerprint density at radius 1 is 1.14 bits per heavy atom. The second-order valence-corrected chi connectivity index (χ2v) is 6.69. The monoisotopic (exact) mass is 378 g/mol. The zero-order valence-electron chi connectivity index (χ0n) is 15.4. The van der Waals surface area contributed by atoms with Crippen molar-refractivity contribution in [2.24, 2.45) is 0 Å². The van der Waals surface area contributed by atoms with Gasteiger partial charge in [0, 0.05) is 18.8 Å². The summed E-state index contributed by atoms with van der Waals surface area (Å²) in [5.74, 6) is 0. The van der Waals surface area contributed by atoms with Gasteiger partial charge in [-0.25, -0.2) is 9.48 Å².